The molecular formula is C8H16O6. The molecule has 0 heterocycles. The first-order chi connectivity index (χ1) is 6.47. The highest BCUT2D eigenvalue weighted by molar-refractivity contribution is 5.03. The van der Waals surface area contributed by atoms with E-state index in [0.29, 0.717) is 0 Å². The summed E-state index contributed by atoms with van der Waals surface area (Å²) in [5, 5.41) is 55.6. The Kier molecular flexibility index (Phi) is 3.46. The van der Waals surface area contributed by atoms with E-state index >= 15 is 0 Å². The third-order valence-corrected chi connectivity index (χ3v) is 2.94. The number of rotatable bonds is 2. The van der Waals surface area contributed by atoms with Crippen molar-refractivity contribution in [2.24, 2.45) is 5.92 Å². The van der Waals surface area contributed by atoms with Gasteiger partial charge in [0.1, 0.15) is 17.8 Å². The third-order valence-electron chi connectivity index (χ3n) is 2.94. The van der Waals surface area contributed by atoms with Gasteiger partial charge in [0.05, 0.1) is 12.7 Å². The Balaban J connectivity index is 2.89. The quantitative estimate of drug-likeness (QED) is 0.284. The molecule has 0 amide bonds. The fourth-order valence-corrected chi connectivity index (χ4v) is 1.84. The summed E-state index contributed by atoms with van der Waals surface area (Å²) >= 11 is 0. The molecule has 0 bridgehead atoms. The molecule has 1 aliphatic carbocycles. The van der Waals surface area contributed by atoms with E-state index in [0.717, 1.165) is 0 Å². The largest absolute Gasteiger partial charge is 0.396 e. The van der Waals surface area contributed by atoms with Crippen LogP contribution in [0.15, 0.2) is 0 Å². The summed E-state index contributed by atoms with van der Waals surface area (Å²) in [7, 11) is 0. The van der Waals surface area contributed by atoms with Gasteiger partial charge in [-0.25, -0.2) is 0 Å². The summed E-state index contributed by atoms with van der Waals surface area (Å²) in [6.45, 7) is -1.25. The molecule has 1 saturated carbocycles. The standard InChI is InChI=1S/C8H16O6/c9-2-4-1-5(11)6(12)7(13)8(4,14)3-10/h4-7,9-14H,1-3H2/t4-,5+,6-,7+,8-/m1/s1. The summed E-state index contributed by atoms with van der Waals surface area (Å²) in [6.07, 6.45) is -4.43. The van der Waals surface area contributed by atoms with Crippen LogP contribution in [0.1, 0.15) is 6.42 Å². The van der Waals surface area contributed by atoms with E-state index in [1.54, 1.807) is 0 Å². The van der Waals surface area contributed by atoms with Crippen molar-refractivity contribution in [3.05, 3.63) is 0 Å². The van der Waals surface area contributed by atoms with E-state index in [9.17, 15) is 20.4 Å². The first-order valence-electron chi connectivity index (χ1n) is 4.45. The van der Waals surface area contributed by atoms with Crippen LogP contribution in [0.5, 0.6) is 0 Å². The Morgan fingerprint density at radius 2 is 1.71 bits per heavy atom. The Morgan fingerprint density at radius 1 is 1.14 bits per heavy atom. The molecule has 6 nitrogen and oxygen atoms in total. The molecule has 14 heavy (non-hydrogen) atoms. The SMILES string of the molecule is OC[C@H]1C[C@H](O)[C@@H](O)[C@H](O)[C@@]1(O)CO. The number of aliphatic hydroxyl groups is 6. The van der Waals surface area contributed by atoms with Crippen molar-refractivity contribution in [3.63, 3.8) is 0 Å². The summed E-state index contributed by atoms with van der Waals surface area (Å²) in [5.74, 6) is -0.846. The van der Waals surface area contributed by atoms with Gasteiger partial charge in [-0.1, -0.05) is 0 Å². The second-order valence-corrected chi connectivity index (χ2v) is 3.77. The van der Waals surface area contributed by atoms with E-state index in [-0.39, 0.29) is 6.42 Å². The topological polar surface area (TPSA) is 121 Å². The van der Waals surface area contributed by atoms with Gasteiger partial charge in [-0.15, -0.1) is 0 Å². The highest BCUT2D eigenvalue weighted by Gasteiger charge is 2.52. The summed E-state index contributed by atoms with van der Waals surface area (Å²) in [5.41, 5.74) is -1.95. The van der Waals surface area contributed by atoms with Gasteiger partial charge in [-0.05, 0) is 6.42 Å². The minimum absolute atomic E-state index is 0.0637. The maximum Gasteiger partial charge on any atom is 0.121 e. The second kappa shape index (κ2) is 4.09. The third kappa shape index (κ3) is 1.65. The zero-order chi connectivity index (χ0) is 10.9. The maximum atomic E-state index is 9.77. The van der Waals surface area contributed by atoms with Crippen molar-refractivity contribution < 1.29 is 30.6 Å². The van der Waals surface area contributed by atoms with E-state index < -0.39 is 43.0 Å². The van der Waals surface area contributed by atoms with Crippen molar-refractivity contribution in [3.8, 4) is 0 Å². The number of aliphatic hydroxyl groups excluding tert-OH is 5. The van der Waals surface area contributed by atoms with Gasteiger partial charge >= 0.3 is 0 Å². The molecule has 0 unspecified atom stereocenters. The predicted octanol–water partition coefficient (Wildman–Crippen LogP) is -3.20. The van der Waals surface area contributed by atoms with Crippen LogP contribution in [0.25, 0.3) is 0 Å². The van der Waals surface area contributed by atoms with E-state index in [1.807, 2.05) is 0 Å². The molecule has 0 aromatic carbocycles. The van der Waals surface area contributed by atoms with Crippen LogP contribution < -0.4 is 0 Å². The van der Waals surface area contributed by atoms with Crippen molar-refractivity contribution in [2.45, 2.75) is 30.3 Å². The predicted molar refractivity (Wildman–Crippen MR) is 45.2 cm³/mol. The molecule has 0 spiro atoms. The molecule has 0 aromatic heterocycles. The molecule has 6 heteroatoms. The first-order valence-corrected chi connectivity index (χ1v) is 4.45. The van der Waals surface area contributed by atoms with Gasteiger partial charge in [0, 0.05) is 12.5 Å². The normalized spacial score (nSPS) is 49.3. The van der Waals surface area contributed by atoms with E-state index in [2.05, 4.69) is 0 Å². The lowest BCUT2D eigenvalue weighted by atomic mass is 9.71. The lowest BCUT2D eigenvalue weighted by Gasteiger charge is -2.45. The highest BCUT2D eigenvalue weighted by Crippen LogP contribution is 2.34. The zero-order valence-electron chi connectivity index (χ0n) is 7.61. The van der Waals surface area contributed by atoms with Crippen LogP contribution in [0, 0.1) is 5.92 Å². The number of hydrogen-bond donors (Lipinski definition) is 6. The van der Waals surface area contributed by atoms with Crippen molar-refractivity contribution >= 4 is 0 Å². The van der Waals surface area contributed by atoms with Crippen LogP contribution >= 0.6 is 0 Å². The summed E-state index contributed by atoms with van der Waals surface area (Å²) in [4.78, 5) is 0. The summed E-state index contributed by atoms with van der Waals surface area (Å²) in [6, 6.07) is 0. The minimum Gasteiger partial charge on any atom is -0.396 e. The lowest BCUT2D eigenvalue weighted by molar-refractivity contribution is -0.229. The average Bonchev–Trinajstić information content (AvgIpc) is 2.20. The Bertz CT molecular complexity index is 194. The smallest absolute Gasteiger partial charge is 0.121 e. The Morgan fingerprint density at radius 3 is 2.14 bits per heavy atom. The molecule has 1 rings (SSSR count). The molecule has 1 aliphatic rings. The van der Waals surface area contributed by atoms with Gasteiger partial charge in [0.2, 0.25) is 0 Å². The molecule has 0 aromatic rings. The highest BCUT2D eigenvalue weighted by atomic mass is 16.4. The molecule has 84 valence electrons. The van der Waals surface area contributed by atoms with Gasteiger partial charge in [-0.3, -0.25) is 0 Å². The van der Waals surface area contributed by atoms with Gasteiger partial charge in [0.25, 0.3) is 0 Å². The van der Waals surface area contributed by atoms with Crippen LogP contribution in [0.3, 0.4) is 0 Å². The number of hydrogen-bond acceptors (Lipinski definition) is 6. The van der Waals surface area contributed by atoms with Gasteiger partial charge in [-0.2, -0.15) is 0 Å². The summed E-state index contributed by atoms with van der Waals surface area (Å²) < 4.78 is 0. The van der Waals surface area contributed by atoms with Crippen LogP contribution in [-0.2, 0) is 0 Å². The zero-order valence-corrected chi connectivity index (χ0v) is 7.61. The molecule has 0 saturated heterocycles. The van der Waals surface area contributed by atoms with Crippen molar-refractivity contribution in [2.75, 3.05) is 13.2 Å². The Labute approximate surface area is 81.1 Å². The molecule has 5 atom stereocenters. The van der Waals surface area contributed by atoms with Crippen LogP contribution in [0.2, 0.25) is 0 Å². The monoisotopic (exact) mass is 208 g/mol. The van der Waals surface area contributed by atoms with Gasteiger partial charge in [0.15, 0.2) is 0 Å². The maximum absolute atomic E-state index is 9.77. The minimum atomic E-state index is -1.95. The van der Waals surface area contributed by atoms with Crippen molar-refractivity contribution in [1.82, 2.24) is 0 Å². The lowest BCUT2D eigenvalue weighted by Crippen LogP contribution is -2.64. The van der Waals surface area contributed by atoms with E-state index in [1.165, 1.54) is 0 Å². The van der Waals surface area contributed by atoms with Crippen molar-refractivity contribution in [1.29, 1.82) is 0 Å². The first kappa shape index (κ1) is 11.8. The molecule has 6 N–H and O–H groups in total. The molecule has 1 fully saturated rings. The second-order valence-electron chi connectivity index (χ2n) is 3.77. The Hall–Kier alpha value is -0.240. The molecule has 0 aliphatic heterocycles. The van der Waals surface area contributed by atoms with E-state index in [4.69, 9.17) is 10.2 Å². The van der Waals surface area contributed by atoms with Crippen LogP contribution in [-0.4, -0.2) is 67.8 Å². The van der Waals surface area contributed by atoms with Gasteiger partial charge < -0.3 is 30.6 Å². The fourth-order valence-electron chi connectivity index (χ4n) is 1.84. The molecule has 0 radical (unpaired) electrons. The average molecular weight is 208 g/mol. The fraction of sp³-hybridized carbons (Fsp3) is 1.00. The van der Waals surface area contributed by atoms with Crippen LogP contribution in [0.4, 0.5) is 0 Å². The molecular weight excluding hydrogens is 192 g/mol.